The second-order valence-corrected chi connectivity index (χ2v) is 4.81. The quantitative estimate of drug-likeness (QED) is 0.806. The lowest BCUT2D eigenvalue weighted by atomic mass is 9.97. The molecule has 0 heterocycles. The zero-order chi connectivity index (χ0) is 13.9. The standard InChI is InChI=1S/C13H17F4N/c1-8(2)3-6-12(18)9-4-5-10(11(14)7-9)13(15,16)17/h4-5,7-8,12H,3,6,18H2,1-2H3/t12-/m1/s1. The predicted octanol–water partition coefficient (Wildman–Crippen LogP) is 4.28. The summed E-state index contributed by atoms with van der Waals surface area (Å²) in [7, 11) is 0. The SMILES string of the molecule is CC(C)CC[C@@H](N)c1ccc(C(F)(F)F)c(F)c1. The van der Waals surface area contributed by atoms with E-state index in [-0.39, 0.29) is 0 Å². The van der Waals surface area contributed by atoms with Gasteiger partial charge in [-0.3, -0.25) is 0 Å². The van der Waals surface area contributed by atoms with Gasteiger partial charge in [-0.05, 0) is 36.5 Å². The molecule has 2 N–H and O–H groups in total. The van der Waals surface area contributed by atoms with Gasteiger partial charge in [0, 0.05) is 6.04 Å². The first-order valence-corrected chi connectivity index (χ1v) is 5.84. The van der Waals surface area contributed by atoms with Gasteiger partial charge in [0.15, 0.2) is 0 Å². The third-order valence-electron chi connectivity index (χ3n) is 2.78. The fourth-order valence-corrected chi connectivity index (χ4v) is 1.67. The summed E-state index contributed by atoms with van der Waals surface area (Å²) in [6.45, 7) is 4.06. The maximum atomic E-state index is 13.3. The van der Waals surface area contributed by atoms with Crippen LogP contribution in [0.3, 0.4) is 0 Å². The van der Waals surface area contributed by atoms with Crippen molar-refractivity contribution in [1.29, 1.82) is 0 Å². The largest absolute Gasteiger partial charge is 0.419 e. The van der Waals surface area contributed by atoms with E-state index in [0.717, 1.165) is 18.6 Å². The van der Waals surface area contributed by atoms with Crippen LogP contribution in [0.1, 0.15) is 43.9 Å². The molecule has 0 bridgehead atoms. The van der Waals surface area contributed by atoms with E-state index in [2.05, 4.69) is 0 Å². The van der Waals surface area contributed by atoms with Crippen LogP contribution in [0, 0.1) is 11.7 Å². The molecule has 0 aliphatic heterocycles. The number of hydrogen-bond acceptors (Lipinski definition) is 1. The lowest BCUT2D eigenvalue weighted by Gasteiger charge is -2.15. The van der Waals surface area contributed by atoms with E-state index in [4.69, 9.17) is 5.73 Å². The molecule has 0 radical (unpaired) electrons. The van der Waals surface area contributed by atoms with Crippen LogP contribution in [-0.4, -0.2) is 0 Å². The first-order valence-electron chi connectivity index (χ1n) is 5.84. The Balaban J connectivity index is 2.84. The Bertz CT molecular complexity index is 398. The Morgan fingerprint density at radius 1 is 1.17 bits per heavy atom. The van der Waals surface area contributed by atoms with E-state index < -0.39 is 23.6 Å². The second kappa shape index (κ2) is 5.69. The third kappa shape index (κ3) is 3.98. The van der Waals surface area contributed by atoms with Crippen molar-refractivity contribution in [3.8, 4) is 0 Å². The molecule has 0 aliphatic carbocycles. The van der Waals surface area contributed by atoms with Gasteiger partial charge >= 0.3 is 6.18 Å². The van der Waals surface area contributed by atoms with Crippen LogP contribution in [0.25, 0.3) is 0 Å². The smallest absolute Gasteiger partial charge is 0.324 e. The summed E-state index contributed by atoms with van der Waals surface area (Å²) >= 11 is 0. The topological polar surface area (TPSA) is 26.0 Å². The average molecular weight is 263 g/mol. The minimum absolute atomic E-state index is 0.404. The van der Waals surface area contributed by atoms with Gasteiger partial charge in [0.05, 0.1) is 5.56 Å². The molecule has 0 aromatic heterocycles. The number of halogens is 4. The highest BCUT2D eigenvalue weighted by molar-refractivity contribution is 5.28. The van der Waals surface area contributed by atoms with Crippen LogP contribution in [0.15, 0.2) is 18.2 Å². The summed E-state index contributed by atoms with van der Waals surface area (Å²) < 4.78 is 50.4. The zero-order valence-electron chi connectivity index (χ0n) is 10.4. The number of rotatable bonds is 4. The molecule has 1 aromatic rings. The van der Waals surface area contributed by atoms with Gasteiger partial charge in [0.25, 0.3) is 0 Å². The monoisotopic (exact) mass is 263 g/mol. The number of nitrogens with two attached hydrogens (primary N) is 1. The summed E-state index contributed by atoms with van der Waals surface area (Å²) in [6, 6.07) is 2.45. The minimum atomic E-state index is -4.66. The summed E-state index contributed by atoms with van der Waals surface area (Å²) in [5.74, 6) is -0.810. The summed E-state index contributed by atoms with van der Waals surface area (Å²) in [4.78, 5) is 0. The Labute approximate surface area is 104 Å². The van der Waals surface area contributed by atoms with Crippen LogP contribution in [0.2, 0.25) is 0 Å². The van der Waals surface area contributed by atoms with Crippen molar-refractivity contribution >= 4 is 0 Å². The minimum Gasteiger partial charge on any atom is -0.324 e. The van der Waals surface area contributed by atoms with Gasteiger partial charge in [-0.15, -0.1) is 0 Å². The van der Waals surface area contributed by atoms with Crippen LogP contribution in [-0.2, 0) is 6.18 Å². The molecule has 0 aliphatic rings. The number of benzene rings is 1. The van der Waals surface area contributed by atoms with Crippen LogP contribution < -0.4 is 5.73 Å². The van der Waals surface area contributed by atoms with Gasteiger partial charge in [0.2, 0.25) is 0 Å². The van der Waals surface area contributed by atoms with Crippen molar-refractivity contribution in [3.05, 3.63) is 35.1 Å². The molecule has 5 heteroatoms. The molecule has 0 amide bonds. The van der Waals surface area contributed by atoms with E-state index in [1.54, 1.807) is 0 Å². The van der Waals surface area contributed by atoms with Crippen molar-refractivity contribution in [3.63, 3.8) is 0 Å². The van der Waals surface area contributed by atoms with Gasteiger partial charge in [-0.2, -0.15) is 13.2 Å². The first kappa shape index (κ1) is 15.0. The van der Waals surface area contributed by atoms with E-state index in [1.807, 2.05) is 13.8 Å². The normalized spacial score (nSPS) is 14.0. The first-order chi connectivity index (χ1) is 8.21. The molecule has 1 aromatic carbocycles. The maximum Gasteiger partial charge on any atom is 0.419 e. The van der Waals surface area contributed by atoms with Gasteiger partial charge in [-0.25, -0.2) is 4.39 Å². The molecule has 0 spiro atoms. The van der Waals surface area contributed by atoms with Gasteiger partial charge in [-0.1, -0.05) is 19.9 Å². The van der Waals surface area contributed by atoms with Crippen LogP contribution >= 0.6 is 0 Å². The lowest BCUT2D eigenvalue weighted by Crippen LogP contribution is -2.14. The molecular weight excluding hydrogens is 246 g/mol. The third-order valence-corrected chi connectivity index (χ3v) is 2.78. The Morgan fingerprint density at radius 2 is 1.78 bits per heavy atom. The van der Waals surface area contributed by atoms with Crippen molar-refractivity contribution in [2.75, 3.05) is 0 Å². The molecule has 1 atom stereocenters. The fourth-order valence-electron chi connectivity index (χ4n) is 1.67. The van der Waals surface area contributed by atoms with E-state index in [9.17, 15) is 17.6 Å². The van der Waals surface area contributed by atoms with Crippen LogP contribution in [0.5, 0.6) is 0 Å². The molecule has 0 saturated heterocycles. The van der Waals surface area contributed by atoms with E-state index in [1.165, 1.54) is 6.07 Å². The van der Waals surface area contributed by atoms with Crippen molar-refractivity contribution in [2.24, 2.45) is 11.7 Å². The molecule has 102 valence electrons. The molecule has 18 heavy (non-hydrogen) atoms. The molecule has 1 rings (SSSR count). The highest BCUT2D eigenvalue weighted by atomic mass is 19.4. The van der Waals surface area contributed by atoms with Gasteiger partial charge < -0.3 is 5.73 Å². The number of alkyl halides is 3. The molecule has 0 saturated carbocycles. The van der Waals surface area contributed by atoms with Gasteiger partial charge in [0.1, 0.15) is 5.82 Å². The fraction of sp³-hybridized carbons (Fsp3) is 0.538. The van der Waals surface area contributed by atoms with E-state index >= 15 is 0 Å². The van der Waals surface area contributed by atoms with Crippen molar-refractivity contribution < 1.29 is 17.6 Å². The number of hydrogen-bond donors (Lipinski definition) is 1. The van der Waals surface area contributed by atoms with Crippen molar-refractivity contribution in [1.82, 2.24) is 0 Å². The molecular formula is C13H17F4N. The lowest BCUT2D eigenvalue weighted by molar-refractivity contribution is -0.140. The van der Waals surface area contributed by atoms with Crippen molar-refractivity contribution in [2.45, 2.75) is 38.9 Å². The predicted molar refractivity (Wildman–Crippen MR) is 62.4 cm³/mol. The maximum absolute atomic E-state index is 13.3. The summed E-state index contributed by atoms with van der Waals surface area (Å²) in [5, 5.41) is 0. The summed E-state index contributed by atoms with van der Waals surface area (Å²) in [5.41, 5.74) is 4.98. The Morgan fingerprint density at radius 3 is 2.22 bits per heavy atom. The molecule has 0 unspecified atom stereocenters. The summed E-state index contributed by atoms with van der Waals surface area (Å²) in [6.07, 6.45) is -3.18. The zero-order valence-corrected chi connectivity index (χ0v) is 10.4. The molecule has 0 fully saturated rings. The Kier molecular flexibility index (Phi) is 4.73. The van der Waals surface area contributed by atoms with E-state index in [0.29, 0.717) is 17.9 Å². The highest BCUT2D eigenvalue weighted by Gasteiger charge is 2.34. The highest BCUT2D eigenvalue weighted by Crippen LogP contribution is 2.32. The average Bonchev–Trinajstić information content (AvgIpc) is 2.23. The van der Waals surface area contributed by atoms with Crippen LogP contribution in [0.4, 0.5) is 17.6 Å². The second-order valence-electron chi connectivity index (χ2n) is 4.81. The molecule has 1 nitrogen and oxygen atoms in total. The Hall–Kier alpha value is -1.10.